The summed E-state index contributed by atoms with van der Waals surface area (Å²) in [4.78, 5) is 17.5. The van der Waals surface area contributed by atoms with E-state index in [9.17, 15) is 4.79 Å². The molecule has 0 spiro atoms. The van der Waals surface area contributed by atoms with Gasteiger partial charge in [0.15, 0.2) is 5.11 Å². The van der Waals surface area contributed by atoms with Crippen LogP contribution in [0, 0.1) is 0 Å². The quantitative estimate of drug-likeness (QED) is 0.594. The third kappa shape index (κ3) is 4.41. The Bertz CT molecular complexity index is 1100. The van der Waals surface area contributed by atoms with Crippen molar-refractivity contribution in [2.75, 3.05) is 43.4 Å². The van der Waals surface area contributed by atoms with Gasteiger partial charge in [0.05, 0.1) is 11.4 Å². The van der Waals surface area contributed by atoms with Crippen molar-refractivity contribution in [2.24, 2.45) is 0 Å². The molecule has 0 atom stereocenters. The lowest BCUT2D eigenvalue weighted by Gasteiger charge is -2.35. The van der Waals surface area contributed by atoms with Gasteiger partial charge in [0, 0.05) is 42.2 Å². The highest BCUT2D eigenvalue weighted by Gasteiger charge is 2.18. The van der Waals surface area contributed by atoms with Crippen molar-refractivity contribution in [3.8, 4) is 0 Å². The molecule has 2 N–H and O–H groups in total. The highest BCUT2D eigenvalue weighted by Crippen LogP contribution is 2.27. The number of nitrogens with one attached hydrogen (secondary N) is 2. The Morgan fingerprint density at radius 1 is 0.933 bits per heavy atom. The first kappa shape index (κ1) is 20.6. The van der Waals surface area contributed by atoms with Crippen LogP contribution < -0.4 is 15.5 Å². The number of likely N-dealkylation sites (N-methyl/N-ethyl adjacent to an activating group) is 1. The second kappa shape index (κ2) is 9.00. The number of carbonyl (C=O) groups excluding carboxylic acids is 1. The third-order valence-corrected chi connectivity index (χ3v) is 5.87. The molecule has 5 nitrogen and oxygen atoms in total. The Balaban J connectivity index is 1.50. The molecular formula is C23H23ClN4OS. The van der Waals surface area contributed by atoms with E-state index >= 15 is 0 Å². The van der Waals surface area contributed by atoms with Crippen LogP contribution in [0.2, 0.25) is 5.02 Å². The molecule has 0 aliphatic carbocycles. The molecule has 154 valence electrons. The van der Waals surface area contributed by atoms with Gasteiger partial charge in [-0.25, -0.2) is 0 Å². The van der Waals surface area contributed by atoms with E-state index in [1.54, 1.807) is 6.07 Å². The Morgan fingerprint density at radius 3 is 2.43 bits per heavy atom. The van der Waals surface area contributed by atoms with E-state index in [0.29, 0.717) is 10.6 Å². The summed E-state index contributed by atoms with van der Waals surface area (Å²) < 4.78 is 0. The molecule has 0 saturated carbocycles. The molecular weight excluding hydrogens is 416 g/mol. The second-order valence-electron chi connectivity index (χ2n) is 7.36. The average molecular weight is 439 g/mol. The van der Waals surface area contributed by atoms with Gasteiger partial charge in [-0.3, -0.25) is 10.1 Å². The molecule has 7 heteroatoms. The summed E-state index contributed by atoms with van der Waals surface area (Å²) in [6.07, 6.45) is 0. The van der Waals surface area contributed by atoms with Gasteiger partial charge in [-0.1, -0.05) is 48.0 Å². The first-order valence-electron chi connectivity index (χ1n) is 9.85. The number of hydrogen-bond donors (Lipinski definition) is 2. The molecule has 1 aliphatic heterocycles. The number of amides is 1. The SMILES string of the molecule is CN1CCN(c2ccccc2NC(=S)NC(=O)c2cccc3c(Cl)cccc23)CC1. The van der Waals surface area contributed by atoms with Crippen LogP contribution in [0.4, 0.5) is 11.4 Å². The lowest BCUT2D eigenvalue weighted by molar-refractivity contribution is 0.0979. The first-order chi connectivity index (χ1) is 14.5. The maximum atomic E-state index is 12.9. The van der Waals surface area contributed by atoms with Gasteiger partial charge in [0.25, 0.3) is 5.91 Å². The smallest absolute Gasteiger partial charge is 0.258 e. The molecule has 4 rings (SSSR count). The van der Waals surface area contributed by atoms with Crippen molar-refractivity contribution >= 4 is 57.0 Å². The van der Waals surface area contributed by atoms with Crippen molar-refractivity contribution in [3.63, 3.8) is 0 Å². The van der Waals surface area contributed by atoms with Crippen molar-refractivity contribution in [1.29, 1.82) is 0 Å². The predicted molar refractivity (Wildman–Crippen MR) is 129 cm³/mol. The number of thiocarbonyl (C=S) groups is 1. The maximum absolute atomic E-state index is 12.9. The number of hydrogen-bond acceptors (Lipinski definition) is 4. The van der Waals surface area contributed by atoms with Crippen molar-refractivity contribution in [2.45, 2.75) is 0 Å². The molecule has 30 heavy (non-hydrogen) atoms. The van der Waals surface area contributed by atoms with E-state index in [2.05, 4.69) is 33.5 Å². The van der Waals surface area contributed by atoms with Gasteiger partial charge in [-0.2, -0.15) is 0 Å². The van der Waals surface area contributed by atoms with E-state index in [0.717, 1.165) is 48.3 Å². The van der Waals surface area contributed by atoms with E-state index in [4.69, 9.17) is 23.8 Å². The van der Waals surface area contributed by atoms with Crippen molar-refractivity contribution in [3.05, 3.63) is 71.2 Å². The van der Waals surface area contributed by atoms with Gasteiger partial charge < -0.3 is 15.1 Å². The molecule has 1 aliphatic rings. The number of para-hydroxylation sites is 2. The highest BCUT2D eigenvalue weighted by atomic mass is 35.5. The van der Waals surface area contributed by atoms with Crippen LogP contribution in [0.3, 0.4) is 0 Å². The number of anilines is 2. The van der Waals surface area contributed by atoms with Crippen LogP contribution >= 0.6 is 23.8 Å². The summed E-state index contributed by atoms with van der Waals surface area (Å²) in [6.45, 7) is 3.93. The summed E-state index contributed by atoms with van der Waals surface area (Å²) in [5.74, 6) is -0.266. The summed E-state index contributed by atoms with van der Waals surface area (Å²) >= 11 is 11.7. The third-order valence-electron chi connectivity index (χ3n) is 5.34. The van der Waals surface area contributed by atoms with Crippen LogP contribution in [0.5, 0.6) is 0 Å². The number of fused-ring (bicyclic) bond motifs is 1. The Kier molecular flexibility index (Phi) is 6.18. The van der Waals surface area contributed by atoms with E-state index < -0.39 is 0 Å². The van der Waals surface area contributed by atoms with E-state index in [-0.39, 0.29) is 11.0 Å². The Morgan fingerprint density at radius 2 is 1.63 bits per heavy atom. The number of piperazine rings is 1. The molecule has 0 aromatic heterocycles. The number of benzene rings is 3. The molecule has 0 unspecified atom stereocenters. The largest absolute Gasteiger partial charge is 0.367 e. The van der Waals surface area contributed by atoms with E-state index in [1.807, 2.05) is 48.5 Å². The van der Waals surface area contributed by atoms with Gasteiger partial charge in [0.1, 0.15) is 0 Å². The fraction of sp³-hybridized carbons (Fsp3) is 0.217. The molecule has 1 saturated heterocycles. The lowest BCUT2D eigenvalue weighted by Crippen LogP contribution is -2.45. The zero-order valence-corrected chi connectivity index (χ0v) is 18.3. The molecule has 3 aromatic rings. The lowest BCUT2D eigenvalue weighted by atomic mass is 10.0. The van der Waals surface area contributed by atoms with Gasteiger partial charge >= 0.3 is 0 Å². The molecule has 1 amide bonds. The summed E-state index contributed by atoms with van der Waals surface area (Å²) in [7, 11) is 2.13. The summed E-state index contributed by atoms with van der Waals surface area (Å²) in [5, 5.41) is 8.52. The minimum atomic E-state index is -0.266. The van der Waals surface area contributed by atoms with Crippen LogP contribution in [0.1, 0.15) is 10.4 Å². The first-order valence-corrected chi connectivity index (χ1v) is 10.6. The zero-order chi connectivity index (χ0) is 21.1. The number of nitrogens with zero attached hydrogens (tertiary/aromatic N) is 2. The van der Waals surface area contributed by atoms with Gasteiger partial charge in [-0.15, -0.1) is 0 Å². The predicted octanol–water partition coefficient (Wildman–Crippen LogP) is 4.37. The van der Waals surface area contributed by atoms with Crippen LogP contribution in [0.15, 0.2) is 60.7 Å². The van der Waals surface area contributed by atoms with Crippen LogP contribution in [0.25, 0.3) is 10.8 Å². The van der Waals surface area contributed by atoms with E-state index in [1.165, 1.54) is 0 Å². The Labute approximate surface area is 186 Å². The molecule has 3 aromatic carbocycles. The summed E-state index contributed by atoms with van der Waals surface area (Å²) in [6, 6.07) is 19.1. The normalized spacial score (nSPS) is 14.5. The fourth-order valence-corrected chi connectivity index (χ4v) is 4.14. The molecule has 1 fully saturated rings. The highest BCUT2D eigenvalue weighted by molar-refractivity contribution is 7.80. The minimum absolute atomic E-state index is 0.264. The zero-order valence-electron chi connectivity index (χ0n) is 16.7. The van der Waals surface area contributed by atoms with Gasteiger partial charge in [0.2, 0.25) is 0 Å². The fourth-order valence-electron chi connectivity index (χ4n) is 3.70. The monoisotopic (exact) mass is 438 g/mol. The van der Waals surface area contributed by atoms with Crippen molar-refractivity contribution in [1.82, 2.24) is 10.2 Å². The van der Waals surface area contributed by atoms with Gasteiger partial charge in [-0.05, 0) is 48.9 Å². The van der Waals surface area contributed by atoms with Crippen LogP contribution in [-0.2, 0) is 0 Å². The minimum Gasteiger partial charge on any atom is -0.367 e. The molecule has 1 heterocycles. The standard InChI is InChI=1S/C23H23ClN4OS/c1-27-12-14-28(15-13-27)21-11-3-2-10-20(21)25-23(30)26-22(29)18-8-4-7-17-16(18)6-5-9-19(17)24/h2-11H,12-15H2,1H3,(H2,25,26,29,30). The number of rotatable bonds is 3. The van der Waals surface area contributed by atoms with Crippen LogP contribution in [-0.4, -0.2) is 49.1 Å². The molecule has 0 radical (unpaired) electrons. The average Bonchev–Trinajstić information content (AvgIpc) is 2.75. The van der Waals surface area contributed by atoms with Crippen molar-refractivity contribution < 1.29 is 4.79 Å². The number of carbonyl (C=O) groups is 1. The summed E-state index contributed by atoms with van der Waals surface area (Å²) in [5.41, 5.74) is 2.50. The maximum Gasteiger partial charge on any atom is 0.258 e. The topological polar surface area (TPSA) is 47.6 Å². The second-order valence-corrected chi connectivity index (χ2v) is 8.17. The number of halogens is 1. The Hall–Kier alpha value is -2.67. The molecule has 0 bridgehead atoms.